The van der Waals surface area contributed by atoms with Crippen molar-refractivity contribution in [3.05, 3.63) is 45.4 Å². The largest absolute Gasteiger partial charge is 0.496 e. The van der Waals surface area contributed by atoms with E-state index >= 15 is 0 Å². The molecule has 2 N–H and O–H groups in total. The third kappa shape index (κ3) is 5.70. The fourth-order valence-electron chi connectivity index (χ4n) is 3.90. The van der Waals surface area contributed by atoms with E-state index in [-0.39, 0.29) is 17.9 Å². The molecule has 1 fully saturated rings. The van der Waals surface area contributed by atoms with Gasteiger partial charge in [0.2, 0.25) is 5.91 Å². The van der Waals surface area contributed by atoms with Gasteiger partial charge in [0, 0.05) is 30.1 Å². The number of hydrogen-bond acceptors (Lipinski definition) is 5. The Morgan fingerprint density at radius 3 is 2.69 bits per heavy atom. The molecule has 1 aromatic carbocycles. The third-order valence-corrected chi connectivity index (χ3v) is 6.49. The summed E-state index contributed by atoms with van der Waals surface area (Å²) in [4.78, 5) is 28.6. The van der Waals surface area contributed by atoms with Gasteiger partial charge in [-0.25, -0.2) is 4.98 Å². The van der Waals surface area contributed by atoms with Crippen molar-refractivity contribution >= 4 is 34.8 Å². The van der Waals surface area contributed by atoms with Gasteiger partial charge in [0.1, 0.15) is 10.8 Å². The molecule has 0 saturated heterocycles. The number of thiazole rings is 1. The summed E-state index contributed by atoms with van der Waals surface area (Å²) in [5.74, 6) is 1.08. The van der Waals surface area contributed by atoms with Gasteiger partial charge in [-0.05, 0) is 55.7 Å². The van der Waals surface area contributed by atoms with E-state index in [1.165, 1.54) is 7.11 Å². The predicted octanol–water partition coefficient (Wildman–Crippen LogP) is 4.22. The molecule has 1 aliphatic rings. The zero-order chi connectivity index (χ0) is 20.8. The van der Waals surface area contributed by atoms with Gasteiger partial charge in [-0.1, -0.05) is 11.6 Å². The quantitative estimate of drug-likeness (QED) is 0.682. The van der Waals surface area contributed by atoms with Gasteiger partial charge < -0.3 is 15.4 Å². The lowest BCUT2D eigenvalue weighted by Crippen LogP contribution is -2.36. The number of amides is 2. The van der Waals surface area contributed by atoms with Crippen molar-refractivity contribution in [2.75, 3.05) is 13.7 Å². The number of nitrogens with zero attached hydrogens (tertiary/aromatic N) is 1. The average molecular weight is 436 g/mol. The zero-order valence-electron chi connectivity index (χ0n) is 16.6. The predicted molar refractivity (Wildman–Crippen MR) is 114 cm³/mol. The van der Waals surface area contributed by atoms with Crippen LogP contribution < -0.4 is 15.4 Å². The number of methoxy groups -OCH3 is 1. The Kier molecular flexibility index (Phi) is 7.50. The second-order valence-electron chi connectivity index (χ2n) is 7.38. The molecule has 1 atom stereocenters. The standard InChI is InChI=1S/C21H26ClN3O3S/c1-13(26)25-19(21-23-9-10-29-21)15-5-3-14(4-6-15)12-24-20(27)17-11-16(22)7-8-18(17)28-2/h7-11,14-15,19H,3-6,12H2,1-2H3,(H,24,27)(H,25,26)/t14?,15?,19-/m1/s1. The molecule has 0 bridgehead atoms. The lowest BCUT2D eigenvalue weighted by molar-refractivity contribution is -0.120. The summed E-state index contributed by atoms with van der Waals surface area (Å²) in [7, 11) is 1.54. The summed E-state index contributed by atoms with van der Waals surface area (Å²) in [5.41, 5.74) is 0.447. The molecule has 0 unspecified atom stereocenters. The Bertz CT molecular complexity index is 836. The van der Waals surface area contributed by atoms with Gasteiger partial charge >= 0.3 is 0 Å². The van der Waals surface area contributed by atoms with Crippen molar-refractivity contribution in [3.8, 4) is 5.75 Å². The summed E-state index contributed by atoms with van der Waals surface area (Å²) in [6, 6.07) is 4.99. The normalized spacial score (nSPS) is 20.0. The van der Waals surface area contributed by atoms with Crippen LogP contribution in [0.4, 0.5) is 0 Å². The fraction of sp³-hybridized carbons (Fsp3) is 0.476. The first-order chi connectivity index (χ1) is 14.0. The Morgan fingerprint density at radius 1 is 1.31 bits per heavy atom. The molecule has 2 aromatic rings. The highest BCUT2D eigenvalue weighted by atomic mass is 35.5. The van der Waals surface area contributed by atoms with Crippen LogP contribution in [0, 0.1) is 11.8 Å². The van der Waals surface area contributed by atoms with Crippen LogP contribution in [0.25, 0.3) is 0 Å². The molecule has 2 amide bonds. The van der Waals surface area contributed by atoms with Gasteiger partial charge in [-0.15, -0.1) is 11.3 Å². The van der Waals surface area contributed by atoms with Crippen molar-refractivity contribution in [3.63, 3.8) is 0 Å². The first-order valence-electron chi connectivity index (χ1n) is 9.76. The number of nitrogens with one attached hydrogen (secondary N) is 2. The van der Waals surface area contributed by atoms with E-state index in [1.54, 1.807) is 42.7 Å². The number of carbonyl (C=O) groups is 2. The molecular formula is C21H26ClN3O3S. The molecule has 1 heterocycles. The number of carbonyl (C=O) groups excluding carboxylic acids is 2. The lowest BCUT2D eigenvalue weighted by atomic mass is 9.78. The van der Waals surface area contributed by atoms with Crippen molar-refractivity contribution < 1.29 is 14.3 Å². The second kappa shape index (κ2) is 10.1. The number of aromatic nitrogens is 1. The fourth-order valence-corrected chi connectivity index (χ4v) is 4.86. The molecule has 1 aliphatic carbocycles. The van der Waals surface area contributed by atoms with Gasteiger partial charge in [0.15, 0.2) is 0 Å². The van der Waals surface area contributed by atoms with Crippen LogP contribution in [-0.4, -0.2) is 30.5 Å². The van der Waals surface area contributed by atoms with Crippen LogP contribution in [-0.2, 0) is 4.79 Å². The van der Waals surface area contributed by atoms with E-state index in [0.717, 1.165) is 30.7 Å². The highest BCUT2D eigenvalue weighted by Crippen LogP contribution is 2.37. The zero-order valence-corrected chi connectivity index (χ0v) is 18.2. The molecule has 8 heteroatoms. The first-order valence-corrected chi connectivity index (χ1v) is 11.0. The van der Waals surface area contributed by atoms with Crippen molar-refractivity contribution in [1.29, 1.82) is 0 Å². The smallest absolute Gasteiger partial charge is 0.255 e. The SMILES string of the molecule is COc1ccc(Cl)cc1C(=O)NCC1CCC([C@@H](NC(C)=O)c2nccs2)CC1. The monoisotopic (exact) mass is 435 g/mol. The summed E-state index contributed by atoms with van der Waals surface area (Å²) < 4.78 is 5.26. The van der Waals surface area contributed by atoms with Crippen LogP contribution in [0.2, 0.25) is 5.02 Å². The Balaban J connectivity index is 1.54. The highest BCUT2D eigenvalue weighted by molar-refractivity contribution is 7.09. The Hall–Kier alpha value is -2.12. The molecule has 3 rings (SSSR count). The van der Waals surface area contributed by atoms with Crippen molar-refractivity contribution in [2.45, 2.75) is 38.6 Å². The van der Waals surface area contributed by atoms with Gasteiger partial charge in [0.25, 0.3) is 5.91 Å². The van der Waals surface area contributed by atoms with Crippen molar-refractivity contribution in [1.82, 2.24) is 15.6 Å². The van der Waals surface area contributed by atoms with Gasteiger partial charge in [-0.2, -0.15) is 0 Å². The molecule has 29 heavy (non-hydrogen) atoms. The van der Waals surface area contributed by atoms with Crippen LogP contribution in [0.1, 0.15) is 54.0 Å². The third-order valence-electron chi connectivity index (χ3n) is 5.40. The molecule has 6 nitrogen and oxygen atoms in total. The van der Waals surface area contributed by atoms with E-state index in [2.05, 4.69) is 15.6 Å². The summed E-state index contributed by atoms with van der Waals surface area (Å²) in [6.07, 6.45) is 5.76. The number of rotatable bonds is 7. The second-order valence-corrected chi connectivity index (χ2v) is 8.75. The van der Waals surface area contributed by atoms with E-state index < -0.39 is 0 Å². The minimum absolute atomic E-state index is 0.0289. The van der Waals surface area contributed by atoms with Crippen LogP contribution >= 0.6 is 22.9 Å². The number of hydrogen-bond donors (Lipinski definition) is 2. The van der Waals surface area contributed by atoms with E-state index in [9.17, 15) is 9.59 Å². The van der Waals surface area contributed by atoms with E-state index in [4.69, 9.17) is 16.3 Å². The van der Waals surface area contributed by atoms with E-state index in [0.29, 0.717) is 34.7 Å². The first kappa shape index (κ1) is 21.6. The van der Waals surface area contributed by atoms with Gasteiger partial charge in [-0.3, -0.25) is 9.59 Å². The Labute approximate surface area is 180 Å². The minimum Gasteiger partial charge on any atom is -0.496 e. The molecule has 0 aliphatic heterocycles. The topological polar surface area (TPSA) is 80.3 Å². The molecule has 0 radical (unpaired) electrons. The summed E-state index contributed by atoms with van der Waals surface area (Å²) in [5, 5.41) is 9.49. The summed E-state index contributed by atoms with van der Waals surface area (Å²) >= 11 is 7.60. The molecular weight excluding hydrogens is 410 g/mol. The highest BCUT2D eigenvalue weighted by Gasteiger charge is 2.30. The maximum absolute atomic E-state index is 12.6. The molecule has 1 saturated carbocycles. The minimum atomic E-state index is -0.176. The summed E-state index contributed by atoms with van der Waals surface area (Å²) in [6.45, 7) is 2.16. The van der Waals surface area contributed by atoms with Crippen molar-refractivity contribution in [2.24, 2.45) is 11.8 Å². The maximum atomic E-state index is 12.6. The van der Waals surface area contributed by atoms with Crippen LogP contribution in [0.5, 0.6) is 5.75 Å². The molecule has 0 spiro atoms. The van der Waals surface area contributed by atoms with Crippen LogP contribution in [0.3, 0.4) is 0 Å². The lowest BCUT2D eigenvalue weighted by Gasteiger charge is -2.33. The average Bonchev–Trinajstić information content (AvgIpc) is 3.25. The maximum Gasteiger partial charge on any atom is 0.255 e. The Morgan fingerprint density at radius 2 is 2.07 bits per heavy atom. The molecule has 1 aromatic heterocycles. The number of benzene rings is 1. The molecule has 156 valence electrons. The number of halogens is 1. The number of ether oxygens (including phenoxy) is 1. The van der Waals surface area contributed by atoms with Gasteiger partial charge in [0.05, 0.1) is 18.7 Å². The van der Waals surface area contributed by atoms with E-state index in [1.807, 2.05) is 5.38 Å². The van der Waals surface area contributed by atoms with Crippen LogP contribution in [0.15, 0.2) is 29.8 Å².